The van der Waals surface area contributed by atoms with E-state index in [0.29, 0.717) is 12.3 Å². The van der Waals surface area contributed by atoms with Crippen LogP contribution in [0.25, 0.3) is 0 Å². The molecule has 0 heterocycles. The van der Waals surface area contributed by atoms with Crippen molar-refractivity contribution in [3.8, 4) is 11.5 Å². The predicted molar refractivity (Wildman–Crippen MR) is 184 cm³/mol. The van der Waals surface area contributed by atoms with Gasteiger partial charge < -0.3 is 19.7 Å². The van der Waals surface area contributed by atoms with Gasteiger partial charge in [0.25, 0.3) is 10.0 Å². The van der Waals surface area contributed by atoms with Crippen LogP contribution in [0.2, 0.25) is 0 Å². The second kappa shape index (κ2) is 16.6. The summed E-state index contributed by atoms with van der Waals surface area (Å²) in [6.45, 7) is 3.85. The van der Waals surface area contributed by atoms with Crippen molar-refractivity contribution in [3.05, 3.63) is 120 Å². The highest BCUT2D eigenvalue weighted by Gasteiger charge is 2.35. The number of unbranched alkanes of at least 4 members (excludes halogenated alkanes) is 1. The number of methoxy groups -OCH3 is 2. The molecule has 10 heteroatoms. The Morgan fingerprint density at radius 2 is 1.47 bits per heavy atom. The number of carbonyl (C=O) groups excluding carboxylic acids is 2. The molecule has 0 aliphatic rings. The van der Waals surface area contributed by atoms with Gasteiger partial charge in [-0.25, -0.2) is 8.42 Å². The van der Waals surface area contributed by atoms with Crippen LogP contribution < -0.4 is 19.1 Å². The van der Waals surface area contributed by atoms with Gasteiger partial charge in [0.2, 0.25) is 11.8 Å². The molecular weight excluding hydrogens is 614 g/mol. The van der Waals surface area contributed by atoms with E-state index >= 15 is 0 Å². The van der Waals surface area contributed by atoms with Crippen molar-refractivity contribution in [1.82, 2.24) is 10.2 Å². The molecule has 9 nitrogen and oxygen atoms in total. The largest absolute Gasteiger partial charge is 0.497 e. The number of nitrogens with zero attached hydrogens (tertiary/aromatic N) is 2. The summed E-state index contributed by atoms with van der Waals surface area (Å²) in [5.41, 5.74) is 2.68. The van der Waals surface area contributed by atoms with Gasteiger partial charge in [0.1, 0.15) is 24.1 Å². The molecule has 1 atom stereocenters. The van der Waals surface area contributed by atoms with Crippen molar-refractivity contribution >= 4 is 27.5 Å². The average molecular weight is 658 g/mol. The lowest BCUT2D eigenvalue weighted by Gasteiger charge is -2.34. The molecule has 2 amide bonds. The zero-order valence-corrected chi connectivity index (χ0v) is 28.2. The van der Waals surface area contributed by atoms with Crippen molar-refractivity contribution in [2.45, 2.75) is 50.6 Å². The number of sulfonamides is 1. The average Bonchev–Trinajstić information content (AvgIpc) is 3.09. The van der Waals surface area contributed by atoms with E-state index in [0.717, 1.165) is 33.8 Å². The molecule has 0 bridgehead atoms. The fourth-order valence-electron chi connectivity index (χ4n) is 5.18. The first-order valence-electron chi connectivity index (χ1n) is 15.6. The zero-order chi connectivity index (χ0) is 33.8. The molecule has 0 saturated carbocycles. The number of anilines is 1. The Hall–Kier alpha value is -4.83. The third kappa shape index (κ3) is 9.13. The number of aryl methyl sites for hydroxylation is 1. The number of ether oxygens (including phenoxy) is 2. The van der Waals surface area contributed by atoms with Gasteiger partial charge in [0.05, 0.1) is 24.8 Å². The van der Waals surface area contributed by atoms with Gasteiger partial charge in [-0.1, -0.05) is 91.7 Å². The quantitative estimate of drug-likeness (QED) is 0.154. The van der Waals surface area contributed by atoms with Crippen LogP contribution in [-0.4, -0.2) is 58.5 Å². The molecular formula is C37H43N3O6S. The van der Waals surface area contributed by atoms with Gasteiger partial charge in [-0.3, -0.25) is 13.9 Å². The van der Waals surface area contributed by atoms with Gasteiger partial charge in [-0.2, -0.15) is 0 Å². The van der Waals surface area contributed by atoms with Crippen LogP contribution in [0, 0.1) is 6.92 Å². The van der Waals surface area contributed by atoms with Crippen LogP contribution >= 0.6 is 0 Å². The highest BCUT2D eigenvalue weighted by atomic mass is 32.2. The zero-order valence-electron chi connectivity index (χ0n) is 27.4. The summed E-state index contributed by atoms with van der Waals surface area (Å²) in [5.74, 6) is -0.239. The lowest BCUT2D eigenvalue weighted by atomic mass is 10.0. The van der Waals surface area contributed by atoms with E-state index in [1.807, 2.05) is 74.5 Å². The van der Waals surface area contributed by atoms with E-state index in [1.54, 1.807) is 24.3 Å². The normalized spacial score (nSPS) is 11.7. The maximum Gasteiger partial charge on any atom is 0.264 e. The maximum atomic E-state index is 14.7. The van der Waals surface area contributed by atoms with Crippen LogP contribution in [0.15, 0.2) is 108 Å². The SMILES string of the molecule is CCCCNC(=O)[C@@H](Cc1ccccc1)N(Cc1ccccc1)C(=O)CN(c1cc(OC)ccc1OC)S(=O)(=O)c1ccc(C)cc1. The Morgan fingerprint density at radius 1 is 0.830 bits per heavy atom. The number of carbonyl (C=O) groups is 2. The first-order valence-corrected chi connectivity index (χ1v) is 17.1. The smallest absolute Gasteiger partial charge is 0.264 e. The molecule has 248 valence electrons. The van der Waals surface area contributed by atoms with Crippen molar-refractivity contribution in [1.29, 1.82) is 0 Å². The number of rotatable bonds is 16. The molecule has 0 unspecified atom stereocenters. The number of benzene rings is 4. The number of hydrogen-bond acceptors (Lipinski definition) is 6. The third-order valence-corrected chi connectivity index (χ3v) is 9.61. The summed E-state index contributed by atoms with van der Waals surface area (Å²) in [4.78, 5) is 30.0. The molecule has 1 N–H and O–H groups in total. The molecule has 47 heavy (non-hydrogen) atoms. The first-order chi connectivity index (χ1) is 22.7. The molecule has 0 aliphatic heterocycles. The number of amides is 2. The van der Waals surface area contributed by atoms with E-state index in [2.05, 4.69) is 5.32 Å². The van der Waals surface area contributed by atoms with Gasteiger partial charge >= 0.3 is 0 Å². The van der Waals surface area contributed by atoms with E-state index in [4.69, 9.17) is 9.47 Å². The van der Waals surface area contributed by atoms with Crippen LogP contribution in [0.5, 0.6) is 11.5 Å². The van der Waals surface area contributed by atoms with E-state index in [9.17, 15) is 18.0 Å². The number of nitrogens with one attached hydrogen (secondary N) is 1. The Labute approximate surface area is 278 Å². The van der Waals surface area contributed by atoms with Crippen LogP contribution in [0.3, 0.4) is 0 Å². The van der Waals surface area contributed by atoms with Crippen LogP contribution in [-0.2, 0) is 32.6 Å². The standard InChI is InChI=1S/C37H43N3O6S/c1-5-6-23-38-37(42)34(24-29-13-9-7-10-14-29)39(26-30-15-11-8-12-16-30)36(41)27-40(33-25-31(45-3)19-22-35(33)46-4)47(43,44)32-20-17-28(2)18-21-32/h7-22,25,34H,5-6,23-24,26-27H2,1-4H3,(H,38,42)/t34-/m1/s1. The summed E-state index contributed by atoms with van der Waals surface area (Å²) in [6, 6.07) is 29.1. The summed E-state index contributed by atoms with van der Waals surface area (Å²) >= 11 is 0. The van der Waals surface area contributed by atoms with Gasteiger partial charge in [0.15, 0.2) is 0 Å². The minimum absolute atomic E-state index is 0.00789. The van der Waals surface area contributed by atoms with Gasteiger partial charge in [-0.05, 0) is 48.7 Å². The summed E-state index contributed by atoms with van der Waals surface area (Å²) in [5, 5.41) is 3.00. The van der Waals surface area contributed by atoms with Crippen molar-refractivity contribution in [2.75, 3.05) is 31.6 Å². The second-order valence-electron chi connectivity index (χ2n) is 11.2. The minimum Gasteiger partial charge on any atom is -0.497 e. The highest BCUT2D eigenvalue weighted by Crippen LogP contribution is 2.36. The van der Waals surface area contributed by atoms with Crippen molar-refractivity contribution in [3.63, 3.8) is 0 Å². The summed E-state index contributed by atoms with van der Waals surface area (Å²) in [6.07, 6.45) is 1.92. The molecule has 4 aromatic rings. The van der Waals surface area contributed by atoms with E-state index in [-0.39, 0.29) is 35.2 Å². The fraction of sp³-hybridized carbons (Fsp3) is 0.297. The molecule has 0 fully saturated rings. The first kappa shape index (κ1) is 35.0. The lowest BCUT2D eigenvalue weighted by Crippen LogP contribution is -2.53. The lowest BCUT2D eigenvalue weighted by molar-refractivity contribution is -0.140. The molecule has 0 aromatic heterocycles. The maximum absolute atomic E-state index is 14.7. The molecule has 0 radical (unpaired) electrons. The molecule has 0 spiro atoms. The third-order valence-electron chi connectivity index (χ3n) is 7.84. The topological polar surface area (TPSA) is 105 Å². The molecule has 4 aromatic carbocycles. The summed E-state index contributed by atoms with van der Waals surface area (Å²) < 4.78 is 40.8. The monoisotopic (exact) mass is 657 g/mol. The van der Waals surface area contributed by atoms with E-state index < -0.39 is 28.5 Å². The summed E-state index contributed by atoms with van der Waals surface area (Å²) in [7, 11) is -1.40. The number of hydrogen-bond donors (Lipinski definition) is 1. The Bertz CT molecular complexity index is 1710. The van der Waals surface area contributed by atoms with E-state index in [1.165, 1.54) is 37.3 Å². The predicted octanol–water partition coefficient (Wildman–Crippen LogP) is 5.76. The Kier molecular flexibility index (Phi) is 12.4. The van der Waals surface area contributed by atoms with Crippen molar-refractivity contribution in [2.24, 2.45) is 0 Å². The Morgan fingerprint density at radius 3 is 2.06 bits per heavy atom. The van der Waals surface area contributed by atoms with Gasteiger partial charge in [0, 0.05) is 25.6 Å². The van der Waals surface area contributed by atoms with Crippen molar-refractivity contribution < 1.29 is 27.5 Å². The second-order valence-corrected chi connectivity index (χ2v) is 13.1. The van der Waals surface area contributed by atoms with Crippen LogP contribution in [0.1, 0.15) is 36.5 Å². The van der Waals surface area contributed by atoms with Gasteiger partial charge in [-0.15, -0.1) is 0 Å². The Balaban J connectivity index is 1.84. The minimum atomic E-state index is -4.30. The highest BCUT2D eigenvalue weighted by molar-refractivity contribution is 7.92. The molecule has 0 aliphatic carbocycles. The molecule has 0 saturated heterocycles. The molecule has 4 rings (SSSR count). The fourth-order valence-corrected chi connectivity index (χ4v) is 6.60. The van der Waals surface area contributed by atoms with Crippen LogP contribution in [0.4, 0.5) is 5.69 Å².